The normalized spacial score (nSPS) is 12.4. The molecule has 0 atom stereocenters. The fourth-order valence-corrected chi connectivity index (χ4v) is 3.79. The van der Waals surface area contributed by atoms with Gasteiger partial charge >= 0.3 is 6.09 Å². The van der Waals surface area contributed by atoms with Gasteiger partial charge in [-0.2, -0.15) is 20.0 Å². The molecule has 11 nitrogen and oxygen atoms in total. The molecule has 1 aliphatic rings. The molecule has 0 radical (unpaired) electrons. The number of methoxy groups -OCH3 is 1. The lowest BCUT2D eigenvalue weighted by atomic mass is 10.2. The molecule has 1 amide bonds. The summed E-state index contributed by atoms with van der Waals surface area (Å²) in [7, 11) is 1.58. The van der Waals surface area contributed by atoms with E-state index in [1.165, 1.54) is 10.7 Å². The van der Waals surface area contributed by atoms with Crippen LogP contribution in [-0.2, 0) is 6.54 Å². The average Bonchev–Trinajstić information content (AvgIpc) is 3.67. The Morgan fingerprint density at radius 3 is 2.61 bits per heavy atom. The number of ether oxygens (including phenoxy) is 2. The van der Waals surface area contributed by atoms with Crippen LogP contribution in [0.3, 0.4) is 0 Å². The van der Waals surface area contributed by atoms with Gasteiger partial charge in [0.25, 0.3) is 5.95 Å². The van der Waals surface area contributed by atoms with Gasteiger partial charge in [0, 0.05) is 24.7 Å². The standard InChI is InChI=1S/C25H18F2N8O3/c1-37-18-6-2-14(3-7-18)13-34(16-4-5-16)23-22-30-12-17(11-29)35(22)33-24(31-23)32-25(36)38-21-8-15(10-28)19(26)9-20(21)27/h2-3,6-9,12,16H,4-5,13H2,1H3,(H,32,33,36). The zero-order chi connectivity index (χ0) is 26.8. The number of anilines is 2. The first-order valence-corrected chi connectivity index (χ1v) is 11.3. The minimum absolute atomic E-state index is 0.100. The maximum Gasteiger partial charge on any atom is 0.419 e. The van der Waals surface area contributed by atoms with Crippen LogP contribution in [-0.4, -0.2) is 38.8 Å². The molecule has 2 heterocycles. The second-order valence-electron chi connectivity index (χ2n) is 8.35. The van der Waals surface area contributed by atoms with E-state index in [-0.39, 0.29) is 17.7 Å². The summed E-state index contributed by atoms with van der Waals surface area (Å²) < 4.78 is 39.1. The Morgan fingerprint density at radius 2 is 1.95 bits per heavy atom. The number of benzene rings is 2. The number of rotatable bonds is 7. The molecule has 5 rings (SSSR count). The molecule has 0 unspecified atom stereocenters. The van der Waals surface area contributed by atoms with E-state index in [2.05, 4.69) is 20.4 Å². The third-order valence-electron chi connectivity index (χ3n) is 5.79. The summed E-state index contributed by atoms with van der Waals surface area (Å²) in [6, 6.07) is 12.4. The molecule has 0 saturated heterocycles. The third kappa shape index (κ3) is 4.85. The van der Waals surface area contributed by atoms with E-state index in [0.29, 0.717) is 29.8 Å². The van der Waals surface area contributed by atoms with Gasteiger partial charge in [-0.15, -0.1) is 5.10 Å². The highest BCUT2D eigenvalue weighted by Gasteiger charge is 2.33. The van der Waals surface area contributed by atoms with Crippen molar-refractivity contribution in [1.82, 2.24) is 19.6 Å². The lowest BCUT2D eigenvalue weighted by Crippen LogP contribution is -2.28. The van der Waals surface area contributed by atoms with E-state index >= 15 is 0 Å². The van der Waals surface area contributed by atoms with E-state index < -0.39 is 29.0 Å². The average molecular weight is 516 g/mol. The van der Waals surface area contributed by atoms with Crippen LogP contribution >= 0.6 is 0 Å². The molecule has 4 aromatic rings. The van der Waals surface area contributed by atoms with Crippen LogP contribution in [0.15, 0.2) is 42.6 Å². The predicted octanol–water partition coefficient (Wildman–Crippen LogP) is 3.93. The summed E-state index contributed by atoms with van der Waals surface area (Å²) >= 11 is 0. The van der Waals surface area contributed by atoms with Crippen LogP contribution in [0.5, 0.6) is 11.5 Å². The number of imidazole rings is 1. The lowest BCUT2D eigenvalue weighted by molar-refractivity contribution is 0.212. The largest absolute Gasteiger partial charge is 0.497 e. The van der Waals surface area contributed by atoms with Gasteiger partial charge in [0.1, 0.15) is 23.7 Å². The van der Waals surface area contributed by atoms with Crippen molar-refractivity contribution in [3.8, 4) is 23.6 Å². The van der Waals surface area contributed by atoms with E-state index in [4.69, 9.17) is 14.7 Å². The van der Waals surface area contributed by atoms with Crippen molar-refractivity contribution in [2.75, 3.05) is 17.3 Å². The van der Waals surface area contributed by atoms with Crippen molar-refractivity contribution in [3.63, 3.8) is 0 Å². The minimum Gasteiger partial charge on any atom is -0.497 e. The Morgan fingerprint density at radius 1 is 1.18 bits per heavy atom. The number of carbonyl (C=O) groups excluding carboxylic acids is 1. The molecule has 1 saturated carbocycles. The summed E-state index contributed by atoms with van der Waals surface area (Å²) in [5, 5.41) is 25.0. The second kappa shape index (κ2) is 9.99. The van der Waals surface area contributed by atoms with Crippen molar-refractivity contribution in [2.45, 2.75) is 25.4 Å². The van der Waals surface area contributed by atoms with Crippen molar-refractivity contribution >= 4 is 23.5 Å². The number of carbonyl (C=O) groups is 1. The molecule has 1 fully saturated rings. The molecule has 0 spiro atoms. The summed E-state index contributed by atoms with van der Waals surface area (Å²) in [5.74, 6) is -2.06. The highest BCUT2D eigenvalue weighted by molar-refractivity contribution is 5.85. The van der Waals surface area contributed by atoms with E-state index in [0.717, 1.165) is 24.5 Å². The number of aromatic nitrogens is 4. The molecule has 190 valence electrons. The molecule has 0 bridgehead atoms. The smallest absolute Gasteiger partial charge is 0.419 e. The maximum absolute atomic E-state index is 14.1. The van der Waals surface area contributed by atoms with Crippen LogP contribution in [0.1, 0.15) is 29.7 Å². The van der Waals surface area contributed by atoms with Gasteiger partial charge in [-0.25, -0.2) is 18.6 Å². The Balaban J connectivity index is 1.47. The first kappa shape index (κ1) is 24.4. The number of nitrogens with one attached hydrogen (secondary N) is 1. The molecule has 13 heteroatoms. The Labute approximate surface area is 214 Å². The molecule has 0 aliphatic heterocycles. The van der Waals surface area contributed by atoms with Gasteiger partial charge in [-0.3, -0.25) is 5.32 Å². The van der Waals surface area contributed by atoms with Gasteiger partial charge in [0.05, 0.1) is 18.9 Å². The molecule has 2 aromatic heterocycles. The fraction of sp³-hybridized carbons (Fsp3) is 0.200. The van der Waals surface area contributed by atoms with Crippen LogP contribution in [0.25, 0.3) is 5.65 Å². The van der Waals surface area contributed by atoms with Crippen LogP contribution in [0.2, 0.25) is 0 Å². The predicted molar refractivity (Wildman–Crippen MR) is 128 cm³/mol. The number of hydrogen-bond acceptors (Lipinski definition) is 9. The number of hydrogen-bond donors (Lipinski definition) is 1. The first-order valence-electron chi connectivity index (χ1n) is 11.3. The summed E-state index contributed by atoms with van der Waals surface area (Å²) in [6.45, 7) is 0.456. The lowest BCUT2D eigenvalue weighted by Gasteiger charge is -2.24. The zero-order valence-electron chi connectivity index (χ0n) is 19.9. The Kier molecular flexibility index (Phi) is 6.41. The number of halogens is 2. The quantitative estimate of drug-likeness (QED) is 0.387. The molecular weight excluding hydrogens is 498 g/mol. The molecule has 38 heavy (non-hydrogen) atoms. The van der Waals surface area contributed by atoms with Crippen molar-refractivity contribution < 1.29 is 23.0 Å². The van der Waals surface area contributed by atoms with Crippen LogP contribution < -0.4 is 19.7 Å². The van der Waals surface area contributed by atoms with Gasteiger partial charge in [-0.1, -0.05) is 12.1 Å². The number of nitrogens with zero attached hydrogens (tertiary/aromatic N) is 7. The molecule has 1 aliphatic carbocycles. The molecule has 2 aromatic carbocycles. The van der Waals surface area contributed by atoms with Gasteiger partial charge < -0.3 is 14.4 Å². The van der Waals surface area contributed by atoms with Crippen molar-refractivity contribution in [3.05, 3.63) is 71.1 Å². The van der Waals surface area contributed by atoms with Crippen LogP contribution in [0, 0.1) is 34.3 Å². The minimum atomic E-state index is -1.18. The number of fused-ring (bicyclic) bond motifs is 1. The number of nitriles is 2. The highest BCUT2D eigenvalue weighted by Crippen LogP contribution is 2.34. The van der Waals surface area contributed by atoms with Gasteiger partial charge in [-0.05, 0) is 30.5 Å². The summed E-state index contributed by atoms with van der Waals surface area (Å²) in [4.78, 5) is 23.3. The summed E-state index contributed by atoms with van der Waals surface area (Å²) in [6.07, 6.45) is 1.98. The first-order chi connectivity index (χ1) is 18.4. The van der Waals surface area contributed by atoms with Crippen LogP contribution in [0.4, 0.5) is 25.3 Å². The van der Waals surface area contributed by atoms with E-state index in [9.17, 15) is 18.8 Å². The van der Waals surface area contributed by atoms with Gasteiger partial charge in [0.15, 0.2) is 28.7 Å². The highest BCUT2D eigenvalue weighted by atomic mass is 19.1. The van der Waals surface area contributed by atoms with Crippen molar-refractivity contribution in [2.24, 2.45) is 0 Å². The van der Waals surface area contributed by atoms with Crippen molar-refractivity contribution in [1.29, 1.82) is 10.5 Å². The van der Waals surface area contributed by atoms with Gasteiger partial charge in [0.2, 0.25) is 0 Å². The molecular formula is C25H18F2N8O3. The SMILES string of the molecule is COc1ccc(CN(c2nc(NC(=O)Oc3cc(C#N)c(F)cc3F)nn3c(C#N)cnc23)C2CC2)cc1. The monoisotopic (exact) mass is 516 g/mol. The summed E-state index contributed by atoms with van der Waals surface area (Å²) in [5.41, 5.74) is 0.882. The molecule has 1 N–H and O–H groups in total. The van der Waals surface area contributed by atoms with E-state index in [1.54, 1.807) is 13.2 Å². The Bertz CT molecular complexity index is 1620. The van der Waals surface area contributed by atoms with E-state index in [1.807, 2.05) is 35.2 Å². The zero-order valence-corrected chi connectivity index (χ0v) is 19.9. The maximum atomic E-state index is 14.1. The fourth-order valence-electron chi connectivity index (χ4n) is 3.79. The number of amides is 1. The topological polar surface area (TPSA) is 141 Å². The third-order valence-corrected chi connectivity index (χ3v) is 5.79. The second-order valence-corrected chi connectivity index (χ2v) is 8.35. The Hall–Kier alpha value is -5.30.